The van der Waals surface area contributed by atoms with Gasteiger partial charge in [-0.1, -0.05) is 0 Å². The van der Waals surface area contributed by atoms with Crippen molar-refractivity contribution in [1.82, 2.24) is 10.2 Å². The van der Waals surface area contributed by atoms with E-state index >= 15 is 0 Å². The lowest BCUT2D eigenvalue weighted by Gasteiger charge is -2.31. The Hall–Kier alpha value is -1.78. The molecule has 1 aromatic heterocycles. The summed E-state index contributed by atoms with van der Waals surface area (Å²) in [7, 11) is 0. The fourth-order valence-corrected chi connectivity index (χ4v) is 2.26. The van der Waals surface area contributed by atoms with Crippen molar-refractivity contribution in [2.24, 2.45) is 5.92 Å². The summed E-state index contributed by atoms with van der Waals surface area (Å²) in [5.41, 5.74) is 0.548. The van der Waals surface area contributed by atoms with E-state index in [9.17, 15) is 9.59 Å². The van der Waals surface area contributed by atoms with Crippen molar-refractivity contribution in [3.63, 3.8) is 0 Å². The zero-order chi connectivity index (χ0) is 13.0. The summed E-state index contributed by atoms with van der Waals surface area (Å²) >= 11 is 0. The number of nitrogens with zero attached hydrogens (tertiary/aromatic N) is 1. The molecular weight excluding hydrogens is 232 g/mol. The zero-order valence-electron chi connectivity index (χ0n) is 10.5. The van der Waals surface area contributed by atoms with Crippen molar-refractivity contribution >= 4 is 11.8 Å². The van der Waals surface area contributed by atoms with E-state index in [1.165, 1.54) is 12.5 Å². The summed E-state index contributed by atoms with van der Waals surface area (Å²) in [6, 6.07) is 1.65. The Kier molecular flexibility index (Phi) is 4.02. The van der Waals surface area contributed by atoms with Crippen molar-refractivity contribution in [1.29, 1.82) is 0 Å². The first-order valence-electron chi connectivity index (χ1n) is 6.31. The highest BCUT2D eigenvalue weighted by Crippen LogP contribution is 2.19. The lowest BCUT2D eigenvalue weighted by atomic mass is 9.96. The molecular formula is C13H18N2O3. The standard InChI is InChI=1S/C13H18N2O3/c1-2-14-12(16)10-4-3-6-15(8-10)13(17)11-5-7-18-9-11/h5,7,9-10H,2-4,6,8H2,1H3,(H,14,16)/t10-/m0/s1. The molecule has 2 rings (SSSR count). The normalized spacial score (nSPS) is 19.6. The third-order valence-electron chi connectivity index (χ3n) is 3.20. The summed E-state index contributed by atoms with van der Waals surface area (Å²) in [4.78, 5) is 25.6. The van der Waals surface area contributed by atoms with Crippen molar-refractivity contribution in [3.05, 3.63) is 24.2 Å². The molecule has 0 unspecified atom stereocenters. The summed E-state index contributed by atoms with van der Waals surface area (Å²) < 4.78 is 4.91. The third-order valence-corrected chi connectivity index (χ3v) is 3.20. The summed E-state index contributed by atoms with van der Waals surface area (Å²) in [6.45, 7) is 3.73. The first-order chi connectivity index (χ1) is 8.72. The number of hydrogen-bond donors (Lipinski definition) is 1. The molecule has 1 fully saturated rings. The van der Waals surface area contributed by atoms with Gasteiger partial charge in [-0.05, 0) is 25.8 Å². The molecule has 0 saturated carbocycles. The van der Waals surface area contributed by atoms with Crippen LogP contribution >= 0.6 is 0 Å². The number of carbonyl (C=O) groups is 2. The van der Waals surface area contributed by atoms with Gasteiger partial charge in [-0.2, -0.15) is 0 Å². The molecule has 1 aliphatic rings. The lowest BCUT2D eigenvalue weighted by molar-refractivity contribution is -0.126. The van der Waals surface area contributed by atoms with E-state index < -0.39 is 0 Å². The van der Waals surface area contributed by atoms with Crippen LogP contribution in [0.2, 0.25) is 0 Å². The fourth-order valence-electron chi connectivity index (χ4n) is 2.26. The lowest BCUT2D eigenvalue weighted by Crippen LogP contribution is -2.45. The van der Waals surface area contributed by atoms with E-state index in [4.69, 9.17) is 4.42 Å². The molecule has 98 valence electrons. The first kappa shape index (κ1) is 12.7. The van der Waals surface area contributed by atoms with E-state index in [1.807, 2.05) is 6.92 Å². The predicted molar refractivity (Wildman–Crippen MR) is 66.0 cm³/mol. The highest BCUT2D eigenvalue weighted by atomic mass is 16.3. The summed E-state index contributed by atoms with van der Waals surface area (Å²) in [5, 5.41) is 2.81. The molecule has 0 spiro atoms. The van der Waals surface area contributed by atoms with Crippen LogP contribution in [0.4, 0.5) is 0 Å². The highest BCUT2D eigenvalue weighted by Gasteiger charge is 2.28. The molecule has 5 nitrogen and oxygen atoms in total. The zero-order valence-corrected chi connectivity index (χ0v) is 10.5. The molecule has 2 heterocycles. The van der Waals surface area contributed by atoms with Gasteiger partial charge in [0.15, 0.2) is 0 Å². The molecule has 2 amide bonds. The number of likely N-dealkylation sites (tertiary alicyclic amines) is 1. The Bertz CT molecular complexity index is 414. The van der Waals surface area contributed by atoms with Crippen LogP contribution in [0.1, 0.15) is 30.1 Å². The smallest absolute Gasteiger partial charge is 0.257 e. The Morgan fingerprint density at radius 2 is 2.39 bits per heavy atom. The van der Waals surface area contributed by atoms with Gasteiger partial charge in [-0.25, -0.2) is 0 Å². The van der Waals surface area contributed by atoms with Crippen LogP contribution in [0.25, 0.3) is 0 Å². The van der Waals surface area contributed by atoms with Crippen LogP contribution in [0.3, 0.4) is 0 Å². The maximum Gasteiger partial charge on any atom is 0.257 e. The first-order valence-corrected chi connectivity index (χ1v) is 6.31. The number of nitrogens with one attached hydrogen (secondary N) is 1. The molecule has 1 aliphatic heterocycles. The number of carbonyl (C=O) groups excluding carboxylic acids is 2. The monoisotopic (exact) mass is 250 g/mol. The van der Waals surface area contributed by atoms with Crippen molar-refractivity contribution in [3.8, 4) is 0 Å². The minimum Gasteiger partial charge on any atom is -0.472 e. The predicted octanol–water partition coefficient (Wildman–Crippen LogP) is 1.27. The average molecular weight is 250 g/mol. The van der Waals surface area contributed by atoms with Gasteiger partial charge < -0.3 is 14.6 Å². The summed E-state index contributed by atoms with van der Waals surface area (Å²) in [6.07, 6.45) is 4.64. The Morgan fingerprint density at radius 3 is 3.06 bits per heavy atom. The van der Waals surface area contributed by atoms with E-state index in [-0.39, 0.29) is 17.7 Å². The number of piperidine rings is 1. The van der Waals surface area contributed by atoms with Gasteiger partial charge >= 0.3 is 0 Å². The van der Waals surface area contributed by atoms with Crippen LogP contribution in [0.15, 0.2) is 23.0 Å². The molecule has 1 saturated heterocycles. The SMILES string of the molecule is CCNC(=O)[C@H]1CCCN(C(=O)c2ccoc2)C1. The van der Waals surface area contributed by atoms with Crippen LogP contribution < -0.4 is 5.32 Å². The summed E-state index contributed by atoms with van der Waals surface area (Å²) in [5.74, 6) is -0.102. The average Bonchev–Trinajstić information content (AvgIpc) is 2.92. The number of rotatable bonds is 3. The van der Waals surface area contributed by atoms with Gasteiger partial charge in [-0.3, -0.25) is 9.59 Å². The van der Waals surface area contributed by atoms with Gasteiger partial charge in [0.05, 0.1) is 17.7 Å². The van der Waals surface area contributed by atoms with Gasteiger partial charge in [0.1, 0.15) is 6.26 Å². The Morgan fingerprint density at radius 1 is 1.56 bits per heavy atom. The number of amides is 2. The molecule has 0 radical (unpaired) electrons. The Labute approximate surface area is 106 Å². The van der Waals surface area contributed by atoms with Crippen LogP contribution in [-0.2, 0) is 4.79 Å². The fraction of sp³-hybridized carbons (Fsp3) is 0.538. The quantitative estimate of drug-likeness (QED) is 0.878. The van der Waals surface area contributed by atoms with E-state index in [0.29, 0.717) is 25.2 Å². The van der Waals surface area contributed by atoms with Crippen LogP contribution in [-0.4, -0.2) is 36.3 Å². The van der Waals surface area contributed by atoms with E-state index in [0.717, 1.165) is 12.8 Å². The number of hydrogen-bond acceptors (Lipinski definition) is 3. The van der Waals surface area contributed by atoms with Gasteiger partial charge in [0.2, 0.25) is 5.91 Å². The minimum absolute atomic E-state index is 0.0437. The number of furan rings is 1. The Balaban J connectivity index is 1.98. The van der Waals surface area contributed by atoms with E-state index in [2.05, 4.69) is 5.32 Å². The minimum atomic E-state index is -0.0884. The second-order valence-corrected chi connectivity index (χ2v) is 4.50. The molecule has 0 aromatic carbocycles. The maximum atomic E-state index is 12.1. The molecule has 18 heavy (non-hydrogen) atoms. The molecule has 5 heteroatoms. The second-order valence-electron chi connectivity index (χ2n) is 4.50. The van der Waals surface area contributed by atoms with Crippen molar-refractivity contribution in [2.75, 3.05) is 19.6 Å². The second kappa shape index (κ2) is 5.71. The highest BCUT2D eigenvalue weighted by molar-refractivity contribution is 5.94. The molecule has 0 bridgehead atoms. The maximum absolute atomic E-state index is 12.1. The van der Waals surface area contributed by atoms with Gasteiger partial charge in [-0.15, -0.1) is 0 Å². The molecule has 1 atom stereocenters. The molecule has 1 aromatic rings. The van der Waals surface area contributed by atoms with E-state index in [1.54, 1.807) is 11.0 Å². The van der Waals surface area contributed by atoms with Gasteiger partial charge in [0.25, 0.3) is 5.91 Å². The van der Waals surface area contributed by atoms with Crippen molar-refractivity contribution < 1.29 is 14.0 Å². The molecule has 0 aliphatic carbocycles. The van der Waals surface area contributed by atoms with Crippen molar-refractivity contribution in [2.45, 2.75) is 19.8 Å². The third kappa shape index (κ3) is 2.72. The largest absolute Gasteiger partial charge is 0.472 e. The van der Waals surface area contributed by atoms with Crippen LogP contribution in [0.5, 0.6) is 0 Å². The molecule has 1 N–H and O–H groups in total. The van der Waals surface area contributed by atoms with Gasteiger partial charge in [0, 0.05) is 19.6 Å². The van der Waals surface area contributed by atoms with Crippen LogP contribution in [0, 0.1) is 5.92 Å². The topological polar surface area (TPSA) is 62.6 Å².